The third kappa shape index (κ3) is 11.1. The summed E-state index contributed by atoms with van der Waals surface area (Å²) in [4.78, 5) is 78.4. The molecule has 3 heterocycles. The molecule has 1 aromatic heterocycles. The SMILES string of the molecule is O=C(CCCCCCCOc1ccc(/C=N/NC(=O)c2ccc(C(=O)c3c(-c4ccc(O)cc4)sc4cc(O)ccc34)cc2)cc1)NCC#Cc1cccc2c1CN(C1CCC(=O)NC1=O)C2=O. The number of fused-ring (bicyclic) bond motifs is 2. The van der Waals surface area contributed by atoms with Gasteiger partial charge in [0.05, 0.1) is 19.4 Å². The number of benzene rings is 5. The number of aromatic hydroxyl groups is 2. The first-order valence-corrected chi connectivity index (χ1v) is 23.1. The van der Waals surface area contributed by atoms with Crippen LogP contribution in [0.15, 0.2) is 114 Å². The molecule has 8 rings (SSSR count). The second-order valence-corrected chi connectivity index (χ2v) is 17.4. The molecule has 0 radical (unpaired) electrons. The lowest BCUT2D eigenvalue weighted by Crippen LogP contribution is -2.52. The largest absolute Gasteiger partial charge is 0.508 e. The van der Waals surface area contributed by atoms with Gasteiger partial charge in [0, 0.05) is 62.2 Å². The van der Waals surface area contributed by atoms with E-state index in [0.717, 1.165) is 53.5 Å². The van der Waals surface area contributed by atoms with Crippen LogP contribution >= 0.6 is 11.3 Å². The minimum atomic E-state index is -0.694. The lowest BCUT2D eigenvalue weighted by molar-refractivity contribution is -0.137. The molecule has 0 bridgehead atoms. The van der Waals surface area contributed by atoms with Crippen molar-refractivity contribution in [2.24, 2.45) is 5.10 Å². The fourth-order valence-corrected chi connectivity index (χ4v) is 9.34. The fourth-order valence-electron chi connectivity index (χ4n) is 8.11. The number of carbonyl (C=O) groups is 6. The van der Waals surface area contributed by atoms with Crippen molar-refractivity contribution in [1.82, 2.24) is 21.0 Å². The van der Waals surface area contributed by atoms with E-state index in [4.69, 9.17) is 4.74 Å². The summed E-state index contributed by atoms with van der Waals surface area (Å²) in [5.41, 5.74) is 7.13. The van der Waals surface area contributed by atoms with E-state index in [2.05, 4.69) is 33.0 Å². The number of phenols is 2. The fraction of sp³-hybridized carbons (Fsp3) is 0.226. The number of thiophene rings is 1. The molecule has 68 heavy (non-hydrogen) atoms. The van der Waals surface area contributed by atoms with E-state index in [0.29, 0.717) is 63.3 Å². The van der Waals surface area contributed by atoms with Crippen LogP contribution in [0, 0.1) is 11.8 Å². The Labute approximate surface area is 396 Å². The molecule has 6 aromatic rings. The quantitative estimate of drug-likeness (QED) is 0.0152. The van der Waals surface area contributed by atoms with Gasteiger partial charge in [-0.15, -0.1) is 11.3 Å². The Balaban J connectivity index is 0.705. The van der Waals surface area contributed by atoms with E-state index in [9.17, 15) is 39.0 Å². The number of unbranched alkanes of at least 4 members (excludes halogenated alkanes) is 4. The van der Waals surface area contributed by atoms with Gasteiger partial charge >= 0.3 is 0 Å². The molecule has 2 aliphatic heterocycles. The maximum Gasteiger partial charge on any atom is 0.271 e. The van der Waals surface area contributed by atoms with Crippen LogP contribution in [-0.4, -0.2) is 75.8 Å². The molecule has 5 N–H and O–H groups in total. The highest BCUT2D eigenvalue weighted by Crippen LogP contribution is 2.41. The van der Waals surface area contributed by atoms with Crippen LogP contribution in [0.25, 0.3) is 20.5 Å². The first-order valence-electron chi connectivity index (χ1n) is 22.3. The average molecular weight is 930 g/mol. The number of imide groups is 1. The van der Waals surface area contributed by atoms with Crippen LogP contribution in [0.1, 0.15) is 105 Å². The highest BCUT2D eigenvalue weighted by molar-refractivity contribution is 7.22. The van der Waals surface area contributed by atoms with Crippen molar-refractivity contribution in [1.29, 1.82) is 0 Å². The van der Waals surface area contributed by atoms with E-state index >= 15 is 0 Å². The summed E-state index contributed by atoms with van der Waals surface area (Å²) >= 11 is 1.37. The normalized spacial score (nSPS) is 14.3. The highest BCUT2D eigenvalue weighted by atomic mass is 32.1. The van der Waals surface area contributed by atoms with Crippen LogP contribution in [-0.2, 0) is 20.9 Å². The Kier molecular flexibility index (Phi) is 14.7. The summed E-state index contributed by atoms with van der Waals surface area (Å²) in [5, 5.41) is 29.8. The summed E-state index contributed by atoms with van der Waals surface area (Å²) in [6.45, 7) is 0.961. The summed E-state index contributed by atoms with van der Waals surface area (Å²) in [7, 11) is 0. The van der Waals surface area contributed by atoms with E-state index < -0.39 is 17.9 Å². The molecule has 0 aliphatic carbocycles. The molecule has 1 atom stereocenters. The van der Waals surface area contributed by atoms with Gasteiger partial charge < -0.3 is 25.2 Å². The zero-order valence-electron chi connectivity index (χ0n) is 36.9. The molecule has 1 fully saturated rings. The maximum absolute atomic E-state index is 13.9. The molecule has 5 amide bonds. The van der Waals surface area contributed by atoms with Crippen LogP contribution in [0.2, 0.25) is 0 Å². The first kappa shape index (κ1) is 46.4. The summed E-state index contributed by atoms with van der Waals surface area (Å²) in [6.07, 6.45) is 6.86. The van der Waals surface area contributed by atoms with Crippen molar-refractivity contribution >= 4 is 63.0 Å². The molecule has 5 aromatic carbocycles. The molecule has 0 spiro atoms. The lowest BCUT2D eigenvalue weighted by atomic mass is 9.97. The molecule has 1 unspecified atom stereocenters. The van der Waals surface area contributed by atoms with Crippen molar-refractivity contribution in [2.75, 3.05) is 13.2 Å². The standard InChI is InChI=1S/C53H47N5O9S/c59-38-20-18-36(19-21-38)50-48(42-25-22-39(60)30-45(42)68-50)49(63)35-14-16-37(17-15-35)51(64)57-55-31-33-12-23-40(24-13-33)67-29-5-3-1-2-4-11-46(61)54-28-7-9-34-8-6-10-41-43(34)32-58(53(41)66)44-26-27-47(62)56-52(44)65/h6,8,10,12-25,30-31,44,59-60H,1-5,11,26-29,32H2,(H,54,61)(H,57,64)(H,56,62,65)/b55-31+. The smallest absolute Gasteiger partial charge is 0.271 e. The highest BCUT2D eigenvalue weighted by Gasteiger charge is 2.39. The van der Waals surface area contributed by atoms with Gasteiger partial charge in [0.15, 0.2) is 5.78 Å². The van der Waals surface area contributed by atoms with Gasteiger partial charge in [-0.1, -0.05) is 49.3 Å². The zero-order valence-corrected chi connectivity index (χ0v) is 37.7. The molecule has 0 saturated carbocycles. The van der Waals surface area contributed by atoms with Crippen LogP contribution in [0.3, 0.4) is 0 Å². The zero-order chi connectivity index (χ0) is 47.6. The topological polar surface area (TPSA) is 204 Å². The molecule has 1 saturated heterocycles. The number of nitrogens with zero attached hydrogens (tertiary/aromatic N) is 2. The van der Waals surface area contributed by atoms with Gasteiger partial charge in [-0.2, -0.15) is 5.10 Å². The third-order valence-corrected chi connectivity index (χ3v) is 12.9. The molecular weight excluding hydrogens is 883 g/mol. The Morgan fingerprint density at radius 1 is 0.853 bits per heavy atom. The first-order chi connectivity index (χ1) is 33.0. The van der Waals surface area contributed by atoms with E-state index in [1.807, 2.05) is 30.3 Å². The number of rotatable bonds is 17. The number of carbonyl (C=O) groups excluding carboxylic acids is 6. The van der Waals surface area contributed by atoms with Crippen molar-refractivity contribution < 1.29 is 43.7 Å². The number of ketones is 1. The molecule has 15 heteroatoms. The van der Waals surface area contributed by atoms with Gasteiger partial charge in [-0.3, -0.25) is 34.1 Å². The summed E-state index contributed by atoms with van der Waals surface area (Å²) in [6, 6.07) is 29.7. The minimum absolute atomic E-state index is 0.0772. The number of nitrogens with one attached hydrogen (secondary N) is 3. The Morgan fingerprint density at radius 3 is 2.37 bits per heavy atom. The summed E-state index contributed by atoms with van der Waals surface area (Å²) < 4.78 is 6.64. The predicted molar refractivity (Wildman–Crippen MR) is 258 cm³/mol. The Morgan fingerprint density at radius 2 is 1.59 bits per heavy atom. The third-order valence-electron chi connectivity index (χ3n) is 11.7. The minimum Gasteiger partial charge on any atom is -0.508 e. The van der Waals surface area contributed by atoms with E-state index in [-0.39, 0.29) is 54.5 Å². The van der Waals surface area contributed by atoms with Crippen molar-refractivity contribution in [3.63, 3.8) is 0 Å². The van der Waals surface area contributed by atoms with Gasteiger partial charge in [-0.25, -0.2) is 5.43 Å². The van der Waals surface area contributed by atoms with Crippen molar-refractivity contribution in [3.8, 4) is 39.5 Å². The van der Waals surface area contributed by atoms with Gasteiger partial charge in [0.1, 0.15) is 23.3 Å². The summed E-state index contributed by atoms with van der Waals surface area (Å²) in [5.74, 6) is 5.15. The number of hydrazone groups is 1. The van der Waals surface area contributed by atoms with Crippen molar-refractivity contribution in [3.05, 3.63) is 148 Å². The van der Waals surface area contributed by atoms with Gasteiger partial charge in [0.2, 0.25) is 17.7 Å². The van der Waals surface area contributed by atoms with Gasteiger partial charge in [-0.05, 0) is 127 Å². The predicted octanol–water partition coefficient (Wildman–Crippen LogP) is 7.62. The van der Waals surface area contributed by atoms with Crippen LogP contribution in [0.5, 0.6) is 17.2 Å². The number of amides is 5. The van der Waals surface area contributed by atoms with Crippen LogP contribution in [0.4, 0.5) is 0 Å². The number of hydrogen-bond donors (Lipinski definition) is 5. The van der Waals surface area contributed by atoms with E-state index in [1.165, 1.54) is 28.5 Å². The lowest BCUT2D eigenvalue weighted by Gasteiger charge is -2.29. The second-order valence-electron chi connectivity index (χ2n) is 16.4. The number of ether oxygens (including phenoxy) is 1. The molecular formula is C53H47N5O9S. The Bertz CT molecular complexity index is 2990. The maximum atomic E-state index is 13.9. The van der Waals surface area contributed by atoms with Gasteiger partial charge in [0.25, 0.3) is 11.8 Å². The molecule has 2 aliphatic rings. The number of hydrogen-bond acceptors (Lipinski definition) is 11. The second kappa shape index (κ2) is 21.5. The van der Waals surface area contributed by atoms with Crippen molar-refractivity contribution in [2.45, 2.75) is 64.0 Å². The molecule has 14 nitrogen and oxygen atoms in total. The van der Waals surface area contributed by atoms with Crippen LogP contribution < -0.4 is 20.8 Å². The molecule has 344 valence electrons. The van der Waals surface area contributed by atoms with E-state index in [1.54, 1.807) is 72.8 Å². The number of piperidine rings is 1. The average Bonchev–Trinajstić information content (AvgIpc) is 3.89. The Hall–Kier alpha value is -8.09. The number of phenolic OH excluding ortho intramolecular Hbond substituents is 2. The monoisotopic (exact) mass is 929 g/mol.